The molecule has 1 aliphatic heterocycles. The highest BCUT2D eigenvalue weighted by atomic mass is 16.2. The van der Waals surface area contributed by atoms with Gasteiger partial charge in [0.1, 0.15) is 0 Å². The Labute approximate surface area is 122 Å². The summed E-state index contributed by atoms with van der Waals surface area (Å²) in [4.78, 5) is 14.2. The third-order valence-corrected chi connectivity index (χ3v) is 4.09. The first-order valence-corrected chi connectivity index (χ1v) is 7.80. The van der Waals surface area contributed by atoms with Gasteiger partial charge in [-0.15, -0.1) is 0 Å². The number of carbonyl (C=O) groups excluding carboxylic acids is 1. The molecule has 0 aromatic heterocycles. The van der Waals surface area contributed by atoms with Gasteiger partial charge in [0.05, 0.1) is 6.42 Å². The number of hydrogen-bond donors (Lipinski definition) is 1. The van der Waals surface area contributed by atoms with Gasteiger partial charge in [-0.2, -0.15) is 0 Å². The smallest absolute Gasteiger partial charge is 0.226 e. The molecule has 1 aliphatic rings. The maximum Gasteiger partial charge on any atom is 0.226 e. The van der Waals surface area contributed by atoms with Gasteiger partial charge in [0.15, 0.2) is 0 Å². The van der Waals surface area contributed by atoms with Gasteiger partial charge in [0.25, 0.3) is 0 Å². The van der Waals surface area contributed by atoms with Gasteiger partial charge in [-0.25, -0.2) is 0 Å². The van der Waals surface area contributed by atoms with Crippen LogP contribution in [0.15, 0.2) is 24.3 Å². The number of rotatable bonds is 5. The van der Waals surface area contributed by atoms with E-state index in [1.807, 2.05) is 4.90 Å². The van der Waals surface area contributed by atoms with Crippen LogP contribution >= 0.6 is 0 Å². The summed E-state index contributed by atoms with van der Waals surface area (Å²) in [5, 5.41) is 0. The maximum absolute atomic E-state index is 12.2. The number of nitrogens with zero attached hydrogens (tertiary/aromatic N) is 1. The van der Waals surface area contributed by atoms with Crippen LogP contribution in [0.4, 0.5) is 0 Å². The molecule has 0 radical (unpaired) electrons. The highest BCUT2D eigenvalue weighted by Gasteiger charge is 2.20. The Bertz CT molecular complexity index is 419. The molecule has 0 atom stereocenters. The number of unbranched alkanes of at least 4 members (excludes halogenated alkanes) is 1. The molecule has 3 heteroatoms. The Kier molecular flexibility index (Phi) is 5.60. The lowest BCUT2D eigenvalue weighted by atomic mass is 10.0. The Hall–Kier alpha value is -1.35. The van der Waals surface area contributed by atoms with Gasteiger partial charge in [0.2, 0.25) is 5.91 Å². The van der Waals surface area contributed by atoms with E-state index in [9.17, 15) is 4.79 Å². The molecule has 1 aromatic rings. The van der Waals surface area contributed by atoms with Gasteiger partial charge >= 0.3 is 0 Å². The van der Waals surface area contributed by atoms with E-state index in [1.165, 1.54) is 18.4 Å². The number of likely N-dealkylation sites (tertiary alicyclic amines) is 1. The Morgan fingerprint density at radius 2 is 1.80 bits per heavy atom. The summed E-state index contributed by atoms with van der Waals surface area (Å²) in [7, 11) is 0. The van der Waals surface area contributed by atoms with E-state index >= 15 is 0 Å². The molecular formula is C17H26N2O. The number of hydrogen-bond acceptors (Lipinski definition) is 2. The SMILES string of the molecule is CCCCc1ccc(CC(=O)N2CCC(N)CC2)cc1. The lowest BCUT2D eigenvalue weighted by Crippen LogP contribution is -2.43. The molecule has 0 aliphatic carbocycles. The fourth-order valence-electron chi connectivity index (χ4n) is 2.64. The topological polar surface area (TPSA) is 46.3 Å². The number of nitrogens with two attached hydrogens (primary N) is 1. The van der Waals surface area contributed by atoms with Crippen LogP contribution in [0.25, 0.3) is 0 Å². The first kappa shape index (κ1) is 15.0. The lowest BCUT2D eigenvalue weighted by molar-refractivity contribution is -0.131. The van der Waals surface area contributed by atoms with Crippen molar-refractivity contribution in [1.82, 2.24) is 4.90 Å². The predicted molar refractivity (Wildman–Crippen MR) is 82.5 cm³/mol. The summed E-state index contributed by atoms with van der Waals surface area (Å²) in [6.07, 6.45) is 5.96. The van der Waals surface area contributed by atoms with Gasteiger partial charge in [-0.1, -0.05) is 37.6 Å². The van der Waals surface area contributed by atoms with Crippen molar-refractivity contribution in [3.63, 3.8) is 0 Å². The minimum absolute atomic E-state index is 0.234. The van der Waals surface area contributed by atoms with Crippen LogP contribution in [0.3, 0.4) is 0 Å². The molecule has 1 heterocycles. The van der Waals surface area contributed by atoms with Crippen molar-refractivity contribution in [1.29, 1.82) is 0 Å². The predicted octanol–water partition coefficient (Wildman–Crippen LogP) is 2.52. The van der Waals surface area contributed by atoms with Crippen molar-refractivity contribution in [3.05, 3.63) is 35.4 Å². The van der Waals surface area contributed by atoms with Crippen LogP contribution in [0.2, 0.25) is 0 Å². The zero-order valence-electron chi connectivity index (χ0n) is 12.5. The third-order valence-electron chi connectivity index (χ3n) is 4.09. The molecule has 1 aromatic carbocycles. The molecule has 110 valence electrons. The highest BCUT2D eigenvalue weighted by Crippen LogP contribution is 2.12. The molecule has 0 bridgehead atoms. The summed E-state index contributed by atoms with van der Waals surface area (Å²) >= 11 is 0. The third kappa shape index (κ3) is 4.34. The van der Waals surface area contributed by atoms with E-state index < -0.39 is 0 Å². The fourth-order valence-corrected chi connectivity index (χ4v) is 2.64. The normalized spacial score (nSPS) is 16.4. The second-order valence-electron chi connectivity index (χ2n) is 5.82. The highest BCUT2D eigenvalue weighted by molar-refractivity contribution is 5.78. The molecule has 1 fully saturated rings. The molecule has 0 unspecified atom stereocenters. The molecular weight excluding hydrogens is 248 g/mol. The summed E-state index contributed by atoms with van der Waals surface area (Å²) in [5.41, 5.74) is 8.35. The molecule has 0 spiro atoms. The molecule has 3 nitrogen and oxygen atoms in total. The zero-order chi connectivity index (χ0) is 14.4. The maximum atomic E-state index is 12.2. The minimum Gasteiger partial charge on any atom is -0.342 e. The quantitative estimate of drug-likeness (QED) is 0.897. The average Bonchev–Trinajstić information content (AvgIpc) is 2.47. The van der Waals surface area contributed by atoms with Crippen LogP contribution in [0, 0.1) is 0 Å². The molecule has 2 rings (SSSR count). The van der Waals surface area contributed by atoms with E-state index in [4.69, 9.17) is 5.73 Å². The molecule has 2 N–H and O–H groups in total. The van der Waals surface area contributed by atoms with E-state index in [1.54, 1.807) is 0 Å². The van der Waals surface area contributed by atoms with E-state index in [-0.39, 0.29) is 11.9 Å². The van der Waals surface area contributed by atoms with Gasteiger partial charge in [0, 0.05) is 19.1 Å². The fraction of sp³-hybridized carbons (Fsp3) is 0.588. The molecule has 1 saturated heterocycles. The first-order valence-electron chi connectivity index (χ1n) is 7.80. The number of benzene rings is 1. The number of carbonyl (C=O) groups is 1. The van der Waals surface area contributed by atoms with Crippen molar-refractivity contribution in [2.45, 2.75) is 51.5 Å². The van der Waals surface area contributed by atoms with Crippen LogP contribution in [-0.4, -0.2) is 29.9 Å². The van der Waals surface area contributed by atoms with Crippen LogP contribution in [-0.2, 0) is 17.6 Å². The summed E-state index contributed by atoms with van der Waals surface area (Å²) in [6.45, 7) is 3.83. The lowest BCUT2D eigenvalue weighted by Gasteiger charge is -2.30. The second kappa shape index (κ2) is 7.44. The van der Waals surface area contributed by atoms with Crippen LogP contribution in [0.1, 0.15) is 43.7 Å². The van der Waals surface area contributed by atoms with Gasteiger partial charge < -0.3 is 10.6 Å². The Balaban J connectivity index is 1.84. The number of aryl methyl sites for hydroxylation is 1. The zero-order valence-corrected chi connectivity index (χ0v) is 12.5. The standard InChI is InChI=1S/C17H26N2O/c1-2-3-4-14-5-7-15(8-6-14)13-17(20)19-11-9-16(18)10-12-19/h5-8,16H,2-4,9-13,18H2,1H3. The van der Waals surface area contributed by atoms with Crippen molar-refractivity contribution in [2.24, 2.45) is 5.73 Å². The largest absolute Gasteiger partial charge is 0.342 e. The number of piperidine rings is 1. The first-order chi connectivity index (χ1) is 9.69. The van der Waals surface area contributed by atoms with E-state index in [0.717, 1.165) is 37.9 Å². The minimum atomic E-state index is 0.234. The molecule has 0 saturated carbocycles. The van der Waals surface area contributed by atoms with Gasteiger partial charge in [-0.3, -0.25) is 4.79 Å². The second-order valence-corrected chi connectivity index (χ2v) is 5.82. The van der Waals surface area contributed by atoms with Crippen molar-refractivity contribution < 1.29 is 4.79 Å². The molecule has 20 heavy (non-hydrogen) atoms. The van der Waals surface area contributed by atoms with Crippen LogP contribution in [0.5, 0.6) is 0 Å². The average molecular weight is 274 g/mol. The monoisotopic (exact) mass is 274 g/mol. The Morgan fingerprint density at radius 1 is 1.20 bits per heavy atom. The summed E-state index contributed by atoms with van der Waals surface area (Å²) in [5.74, 6) is 0.234. The number of amides is 1. The summed E-state index contributed by atoms with van der Waals surface area (Å²) < 4.78 is 0. The van der Waals surface area contributed by atoms with E-state index in [0.29, 0.717) is 6.42 Å². The van der Waals surface area contributed by atoms with E-state index in [2.05, 4.69) is 31.2 Å². The van der Waals surface area contributed by atoms with Crippen molar-refractivity contribution in [2.75, 3.05) is 13.1 Å². The Morgan fingerprint density at radius 3 is 2.40 bits per heavy atom. The molecule has 1 amide bonds. The van der Waals surface area contributed by atoms with Gasteiger partial charge in [-0.05, 0) is 36.8 Å². The summed E-state index contributed by atoms with van der Waals surface area (Å²) in [6, 6.07) is 8.78. The van der Waals surface area contributed by atoms with Crippen LogP contribution < -0.4 is 5.73 Å². The van der Waals surface area contributed by atoms with Crippen molar-refractivity contribution >= 4 is 5.91 Å². The van der Waals surface area contributed by atoms with Crippen molar-refractivity contribution in [3.8, 4) is 0 Å².